The van der Waals surface area contributed by atoms with E-state index in [0.717, 1.165) is 36.3 Å². The summed E-state index contributed by atoms with van der Waals surface area (Å²) in [6.07, 6.45) is 2.86. The van der Waals surface area contributed by atoms with Crippen molar-refractivity contribution in [3.05, 3.63) is 36.0 Å². The Morgan fingerprint density at radius 3 is 2.68 bits per heavy atom. The summed E-state index contributed by atoms with van der Waals surface area (Å²) in [4.78, 5) is 6.72. The molecule has 0 atom stereocenters. The van der Waals surface area contributed by atoms with E-state index < -0.39 is 0 Å². The number of rotatable bonds is 6. The fourth-order valence-corrected chi connectivity index (χ4v) is 2.41. The molecule has 0 amide bonds. The van der Waals surface area contributed by atoms with Crippen LogP contribution in [0.2, 0.25) is 0 Å². The van der Waals surface area contributed by atoms with Crippen LogP contribution in [0.4, 0.5) is 5.82 Å². The van der Waals surface area contributed by atoms with Crippen LogP contribution in [0.15, 0.2) is 30.5 Å². The molecule has 0 radical (unpaired) electrons. The van der Waals surface area contributed by atoms with Crippen LogP contribution in [0.5, 0.6) is 0 Å². The van der Waals surface area contributed by atoms with Gasteiger partial charge in [-0.2, -0.15) is 0 Å². The van der Waals surface area contributed by atoms with Crippen molar-refractivity contribution < 1.29 is 4.74 Å². The lowest BCUT2D eigenvalue weighted by Crippen LogP contribution is -2.21. The molecule has 1 aromatic carbocycles. The average Bonchev–Trinajstić information content (AvgIpc) is 2.46. The Labute approximate surface area is 119 Å². The Hall–Kier alpha value is -1.32. The van der Waals surface area contributed by atoms with Gasteiger partial charge in [-0.1, -0.05) is 24.3 Å². The highest BCUT2D eigenvalue weighted by Gasteiger charge is 2.10. The molecule has 0 saturated carbocycles. The van der Waals surface area contributed by atoms with E-state index in [1.165, 1.54) is 5.39 Å². The maximum Gasteiger partial charge on any atom is 0.136 e. The zero-order valence-electron chi connectivity index (χ0n) is 11.4. The van der Waals surface area contributed by atoms with Crippen molar-refractivity contribution in [1.29, 1.82) is 0 Å². The Kier molecular flexibility index (Phi) is 5.00. The van der Waals surface area contributed by atoms with Crippen LogP contribution in [-0.4, -0.2) is 32.3 Å². The molecule has 3 nitrogen and oxygen atoms in total. The molecule has 0 fully saturated rings. The first-order valence-electron chi connectivity index (χ1n) is 6.40. The van der Waals surface area contributed by atoms with Crippen LogP contribution >= 0.6 is 11.6 Å². The van der Waals surface area contributed by atoms with Gasteiger partial charge in [-0.05, 0) is 17.4 Å². The number of alkyl halides is 1. The second kappa shape index (κ2) is 6.73. The third kappa shape index (κ3) is 3.17. The molecule has 0 spiro atoms. The lowest BCUT2D eigenvalue weighted by atomic mass is 10.1. The second-order valence-corrected chi connectivity index (χ2v) is 4.82. The van der Waals surface area contributed by atoms with Gasteiger partial charge in [0, 0.05) is 44.8 Å². The van der Waals surface area contributed by atoms with E-state index in [-0.39, 0.29) is 0 Å². The zero-order chi connectivity index (χ0) is 13.7. The van der Waals surface area contributed by atoms with Crippen LogP contribution < -0.4 is 4.90 Å². The predicted molar refractivity (Wildman–Crippen MR) is 81.1 cm³/mol. The van der Waals surface area contributed by atoms with Crippen LogP contribution in [-0.2, 0) is 10.6 Å². The van der Waals surface area contributed by atoms with Crippen molar-refractivity contribution >= 4 is 28.2 Å². The van der Waals surface area contributed by atoms with E-state index in [2.05, 4.69) is 29.1 Å². The summed E-state index contributed by atoms with van der Waals surface area (Å²) >= 11 is 5.97. The summed E-state index contributed by atoms with van der Waals surface area (Å²) in [5.41, 5.74) is 1.08. The Morgan fingerprint density at radius 1 is 1.26 bits per heavy atom. The number of methoxy groups -OCH3 is 1. The van der Waals surface area contributed by atoms with E-state index in [0.29, 0.717) is 5.88 Å². The lowest BCUT2D eigenvalue weighted by molar-refractivity contribution is 0.196. The van der Waals surface area contributed by atoms with Crippen molar-refractivity contribution in [3.8, 4) is 0 Å². The monoisotopic (exact) mass is 278 g/mol. The van der Waals surface area contributed by atoms with E-state index >= 15 is 0 Å². The molecule has 1 aromatic heterocycles. The molecule has 0 bridgehead atoms. The molecule has 0 aliphatic carbocycles. The number of hydrogen-bond donors (Lipinski definition) is 0. The molecule has 19 heavy (non-hydrogen) atoms. The highest BCUT2D eigenvalue weighted by atomic mass is 35.5. The predicted octanol–water partition coefficient (Wildman–Crippen LogP) is 3.45. The number of anilines is 1. The first kappa shape index (κ1) is 14.1. The number of hydrogen-bond acceptors (Lipinski definition) is 3. The molecule has 102 valence electrons. The minimum Gasteiger partial charge on any atom is -0.385 e. The molecular formula is C15H19ClN2O. The molecule has 0 N–H and O–H groups in total. The number of fused-ring (bicyclic) bond motifs is 1. The number of pyridine rings is 1. The van der Waals surface area contributed by atoms with Crippen LogP contribution in [0.3, 0.4) is 0 Å². The Morgan fingerprint density at radius 2 is 2.00 bits per heavy atom. The molecule has 0 aliphatic rings. The topological polar surface area (TPSA) is 25.4 Å². The minimum absolute atomic E-state index is 0.487. The van der Waals surface area contributed by atoms with Gasteiger partial charge in [0.1, 0.15) is 5.82 Å². The van der Waals surface area contributed by atoms with E-state index in [1.54, 1.807) is 7.11 Å². The summed E-state index contributed by atoms with van der Waals surface area (Å²) in [5, 5.41) is 2.33. The van der Waals surface area contributed by atoms with Crippen LogP contribution in [0, 0.1) is 0 Å². The molecule has 4 heteroatoms. The van der Waals surface area contributed by atoms with Gasteiger partial charge >= 0.3 is 0 Å². The molecule has 1 heterocycles. The molecule has 0 unspecified atom stereocenters. The van der Waals surface area contributed by atoms with Crippen LogP contribution in [0.1, 0.15) is 12.0 Å². The normalized spacial score (nSPS) is 10.9. The first-order valence-corrected chi connectivity index (χ1v) is 6.94. The SMILES string of the molecule is COCCCN(C)c1ncc(CCl)c2ccccc12. The van der Waals surface area contributed by atoms with Gasteiger partial charge in [-0.15, -0.1) is 11.6 Å². The maximum atomic E-state index is 5.97. The van der Waals surface area contributed by atoms with E-state index in [9.17, 15) is 0 Å². The highest BCUT2D eigenvalue weighted by Crippen LogP contribution is 2.27. The molecular weight excluding hydrogens is 260 g/mol. The highest BCUT2D eigenvalue weighted by molar-refractivity contribution is 6.18. The number of aromatic nitrogens is 1. The number of ether oxygens (including phenoxy) is 1. The van der Waals surface area contributed by atoms with Gasteiger partial charge in [0.15, 0.2) is 0 Å². The fourth-order valence-electron chi connectivity index (χ4n) is 2.20. The lowest BCUT2D eigenvalue weighted by Gasteiger charge is -2.20. The quantitative estimate of drug-likeness (QED) is 0.598. The molecule has 0 saturated heterocycles. The van der Waals surface area contributed by atoms with Gasteiger partial charge in [0.25, 0.3) is 0 Å². The summed E-state index contributed by atoms with van der Waals surface area (Å²) in [5.74, 6) is 1.49. The first-order chi connectivity index (χ1) is 9.27. The van der Waals surface area contributed by atoms with Crippen molar-refractivity contribution in [2.24, 2.45) is 0 Å². The maximum absolute atomic E-state index is 5.97. The van der Waals surface area contributed by atoms with Gasteiger partial charge in [-0.25, -0.2) is 4.98 Å². The fraction of sp³-hybridized carbons (Fsp3) is 0.400. The third-order valence-electron chi connectivity index (χ3n) is 3.20. The standard InChI is InChI=1S/C15H19ClN2O/c1-18(8-5-9-19-2)15-14-7-4-3-6-13(14)12(10-16)11-17-15/h3-4,6-7,11H,5,8-10H2,1-2H3. The summed E-state index contributed by atoms with van der Waals surface area (Å²) in [7, 11) is 3.79. The van der Waals surface area contributed by atoms with Crippen molar-refractivity contribution in [2.75, 3.05) is 32.2 Å². The minimum atomic E-state index is 0.487. The average molecular weight is 279 g/mol. The van der Waals surface area contributed by atoms with Crippen molar-refractivity contribution in [1.82, 2.24) is 4.98 Å². The third-order valence-corrected chi connectivity index (χ3v) is 3.49. The second-order valence-electron chi connectivity index (χ2n) is 4.55. The molecule has 2 rings (SSSR count). The Balaban J connectivity index is 2.33. The van der Waals surface area contributed by atoms with Gasteiger partial charge in [0.2, 0.25) is 0 Å². The number of halogens is 1. The van der Waals surface area contributed by atoms with Crippen molar-refractivity contribution in [2.45, 2.75) is 12.3 Å². The number of benzene rings is 1. The van der Waals surface area contributed by atoms with E-state index in [1.807, 2.05) is 18.3 Å². The smallest absolute Gasteiger partial charge is 0.136 e. The zero-order valence-corrected chi connectivity index (χ0v) is 12.2. The van der Waals surface area contributed by atoms with Gasteiger partial charge in [0.05, 0.1) is 0 Å². The largest absolute Gasteiger partial charge is 0.385 e. The Bertz CT molecular complexity index is 545. The summed E-state index contributed by atoms with van der Waals surface area (Å²) < 4.78 is 5.09. The van der Waals surface area contributed by atoms with Crippen LogP contribution in [0.25, 0.3) is 10.8 Å². The summed E-state index contributed by atoms with van der Waals surface area (Å²) in [6, 6.07) is 8.27. The van der Waals surface area contributed by atoms with E-state index in [4.69, 9.17) is 16.3 Å². The van der Waals surface area contributed by atoms with Gasteiger partial charge < -0.3 is 9.64 Å². The van der Waals surface area contributed by atoms with Crippen molar-refractivity contribution in [3.63, 3.8) is 0 Å². The molecule has 0 aliphatic heterocycles. The van der Waals surface area contributed by atoms with Gasteiger partial charge in [-0.3, -0.25) is 0 Å². The number of nitrogens with zero attached hydrogens (tertiary/aromatic N) is 2. The summed E-state index contributed by atoms with van der Waals surface area (Å²) in [6.45, 7) is 1.69. The molecule has 2 aromatic rings.